The molecule has 0 saturated heterocycles. The minimum Gasteiger partial charge on any atom is -0.361 e. The topological polar surface area (TPSA) is 108 Å². The van der Waals surface area contributed by atoms with Crippen LogP contribution in [0.3, 0.4) is 0 Å². The largest absolute Gasteiger partial charge is 0.361 e. The zero-order chi connectivity index (χ0) is 19.3. The summed E-state index contributed by atoms with van der Waals surface area (Å²) in [6.45, 7) is 5.90. The molecule has 0 radical (unpaired) electrons. The smallest absolute Gasteiger partial charge is 0.240 e. The quantitative estimate of drug-likeness (QED) is 0.772. The van der Waals surface area contributed by atoms with E-state index in [4.69, 9.17) is 0 Å². The number of nitriles is 1. The Morgan fingerprint density at radius 2 is 1.81 bits per heavy atom. The summed E-state index contributed by atoms with van der Waals surface area (Å²) in [7, 11) is -2.09. The first kappa shape index (κ1) is 19.8. The van der Waals surface area contributed by atoms with Gasteiger partial charge >= 0.3 is 0 Å². The van der Waals surface area contributed by atoms with Gasteiger partial charge in [-0.15, -0.1) is 5.10 Å². The Labute approximate surface area is 154 Å². The lowest BCUT2D eigenvalue weighted by molar-refractivity contribution is 0.588. The van der Waals surface area contributed by atoms with Crippen molar-refractivity contribution in [2.24, 2.45) is 0 Å². The number of hydrogen-bond acceptors (Lipinski definition) is 6. The van der Waals surface area contributed by atoms with Crippen LogP contribution in [0.25, 0.3) is 0 Å². The third-order valence-electron chi connectivity index (χ3n) is 4.27. The summed E-state index contributed by atoms with van der Waals surface area (Å²) in [6.07, 6.45) is 1.43. The molecule has 0 aliphatic rings. The van der Waals surface area contributed by atoms with Crippen LogP contribution in [0.2, 0.25) is 0 Å². The molecule has 2 aromatic rings. The summed E-state index contributed by atoms with van der Waals surface area (Å²) < 4.78 is 25.9. The average molecular weight is 373 g/mol. The average Bonchev–Trinajstić information content (AvgIpc) is 2.67. The Balaban J connectivity index is 2.30. The molecule has 1 heterocycles. The predicted octanol–water partition coefficient (Wildman–Crippen LogP) is 2.55. The fourth-order valence-corrected chi connectivity index (χ4v) is 3.47. The Kier molecular flexibility index (Phi) is 6.29. The Morgan fingerprint density at radius 1 is 1.15 bits per heavy atom. The maximum Gasteiger partial charge on any atom is 0.240 e. The van der Waals surface area contributed by atoms with Crippen LogP contribution >= 0.6 is 0 Å². The minimum atomic E-state index is -3.46. The highest BCUT2D eigenvalue weighted by Gasteiger charge is 2.17. The van der Waals surface area contributed by atoms with Crippen molar-refractivity contribution in [2.75, 3.05) is 12.4 Å². The van der Waals surface area contributed by atoms with Crippen LogP contribution in [0.4, 0.5) is 5.82 Å². The maximum absolute atomic E-state index is 11.8. The lowest BCUT2D eigenvalue weighted by atomic mass is 10.0. The van der Waals surface area contributed by atoms with Crippen LogP contribution in [0.5, 0.6) is 0 Å². The van der Waals surface area contributed by atoms with Crippen molar-refractivity contribution in [2.45, 2.75) is 44.6 Å². The van der Waals surface area contributed by atoms with Crippen molar-refractivity contribution >= 4 is 15.8 Å². The molecule has 0 aliphatic carbocycles. The van der Waals surface area contributed by atoms with Crippen LogP contribution in [-0.4, -0.2) is 25.7 Å². The molecule has 138 valence electrons. The molecule has 1 atom stereocenters. The fraction of sp³-hybridized carbons (Fsp3) is 0.389. The lowest BCUT2D eigenvalue weighted by Crippen LogP contribution is -2.18. The Bertz CT molecular complexity index is 918. The molecule has 8 heteroatoms. The van der Waals surface area contributed by atoms with E-state index < -0.39 is 10.0 Å². The van der Waals surface area contributed by atoms with Crippen molar-refractivity contribution in [3.8, 4) is 6.07 Å². The molecule has 0 saturated carbocycles. The Morgan fingerprint density at radius 3 is 2.31 bits per heavy atom. The molecule has 0 bridgehead atoms. The molecule has 1 aromatic carbocycles. The van der Waals surface area contributed by atoms with Gasteiger partial charge in [0.2, 0.25) is 10.0 Å². The van der Waals surface area contributed by atoms with Gasteiger partial charge in [-0.25, -0.2) is 13.1 Å². The molecule has 0 spiro atoms. The summed E-state index contributed by atoms with van der Waals surface area (Å²) >= 11 is 0. The van der Waals surface area contributed by atoms with Crippen LogP contribution in [-0.2, 0) is 22.9 Å². The number of aryl methyl sites for hydroxylation is 1. The van der Waals surface area contributed by atoms with E-state index in [0.717, 1.165) is 23.2 Å². The highest BCUT2D eigenvalue weighted by molar-refractivity contribution is 7.89. The first-order valence-electron chi connectivity index (χ1n) is 8.46. The summed E-state index contributed by atoms with van der Waals surface area (Å²) in [5, 5.41) is 21.2. The third-order valence-corrected chi connectivity index (χ3v) is 5.70. The summed E-state index contributed by atoms with van der Waals surface area (Å²) in [5.74, 6) is 0.445. The van der Waals surface area contributed by atoms with Gasteiger partial charge in [0.05, 0.1) is 16.6 Å². The third kappa shape index (κ3) is 4.00. The second-order valence-corrected chi connectivity index (χ2v) is 7.70. The molecule has 1 aromatic heterocycles. The van der Waals surface area contributed by atoms with Gasteiger partial charge < -0.3 is 5.32 Å². The number of nitrogens with zero attached hydrogens (tertiary/aromatic N) is 3. The molecular formula is C18H23N5O2S. The summed E-state index contributed by atoms with van der Waals surface area (Å²) in [5.41, 5.74) is 3.14. The first-order valence-corrected chi connectivity index (χ1v) is 9.94. The zero-order valence-electron chi connectivity index (χ0n) is 15.4. The second-order valence-electron chi connectivity index (χ2n) is 5.81. The van der Waals surface area contributed by atoms with Gasteiger partial charge in [0.15, 0.2) is 5.82 Å². The molecule has 0 amide bonds. The van der Waals surface area contributed by atoms with Crippen LogP contribution < -0.4 is 10.0 Å². The van der Waals surface area contributed by atoms with E-state index in [1.807, 2.05) is 20.8 Å². The number of hydrogen-bond donors (Lipinski definition) is 2. The van der Waals surface area contributed by atoms with Crippen molar-refractivity contribution < 1.29 is 8.42 Å². The van der Waals surface area contributed by atoms with Gasteiger partial charge in [-0.05, 0) is 50.1 Å². The number of benzene rings is 1. The van der Waals surface area contributed by atoms with Crippen LogP contribution in [0.15, 0.2) is 29.2 Å². The van der Waals surface area contributed by atoms with Crippen LogP contribution in [0.1, 0.15) is 49.2 Å². The first-order chi connectivity index (χ1) is 12.4. The highest BCUT2D eigenvalue weighted by Crippen LogP contribution is 2.25. The maximum atomic E-state index is 11.8. The van der Waals surface area contributed by atoms with E-state index in [1.165, 1.54) is 7.05 Å². The van der Waals surface area contributed by atoms with E-state index in [-0.39, 0.29) is 10.9 Å². The van der Waals surface area contributed by atoms with Gasteiger partial charge in [0.1, 0.15) is 11.6 Å². The normalized spacial score (nSPS) is 12.4. The SMILES string of the molecule is CCc1nnc(NC(C)c2ccc(S(=O)(=O)NC)cc2)c(C#N)c1CC. The van der Waals surface area contributed by atoms with Gasteiger partial charge in [0, 0.05) is 0 Å². The monoisotopic (exact) mass is 373 g/mol. The van der Waals surface area contributed by atoms with Crippen molar-refractivity contribution in [3.05, 3.63) is 46.6 Å². The van der Waals surface area contributed by atoms with Gasteiger partial charge in [-0.3, -0.25) is 0 Å². The van der Waals surface area contributed by atoms with Gasteiger partial charge in [-0.1, -0.05) is 26.0 Å². The minimum absolute atomic E-state index is 0.167. The zero-order valence-corrected chi connectivity index (χ0v) is 16.2. The van der Waals surface area contributed by atoms with E-state index in [0.29, 0.717) is 17.8 Å². The standard InChI is InChI=1S/C18H23N5O2S/c1-5-15-16(11-19)18(23-22-17(15)6-2)21-12(3)13-7-9-14(10-8-13)26(24,25)20-4/h7-10,12,20H,5-6H2,1-4H3,(H,21,23). The fourth-order valence-electron chi connectivity index (χ4n) is 2.74. The molecule has 1 unspecified atom stereocenters. The van der Waals surface area contributed by atoms with E-state index in [9.17, 15) is 13.7 Å². The van der Waals surface area contributed by atoms with E-state index >= 15 is 0 Å². The van der Waals surface area contributed by atoms with Crippen LogP contribution in [0, 0.1) is 11.3 Å². The Hall–Kier alpha value is -2.50. The number of rotatable bonds is 7. The molecule has 2 N–H and O–H groups in total. The van der Waals surface area contributed by atoms with Crippen molar-refractivity contribution in [3.63, 3.8) is 0 Å². The van der Waals surface area contributed by atoms with Crippen molar-refractivity contribution in [1.82, 2.24) is 14.9 Å². The summed E-state index contributed by atoms with van der Waals surface area (Å²) in [4.78, 5) is 0.203. The van der Waals surface area contributed by atoms with E-state index in [2.05, 4.69) is 26.3 Å². The number of sulfonamides is 1. The van der Waals surface area contributed by atoms with E-state index in [1.54, 1.807) is 24.3 Å². The molecule has 0 fully saturated rings. The van der Waals surface area contributed by atoms with Crippen molar-refractivity contribution in [1.29, 1.82) is 5.26 Å². The number of anilines is 1. The van der Waals surface area contributed by atoms with Gasteiger partial charge in [0.25, 0.3) is 0 Å². The lowest BCUT2D eigenvalue weighted by Gasteiger charge is -2.18. The molecule has 2 rings (SSSR count). The molecule has 7 nitrogen and oxygen atoms in total. The second kappa shape index (κ2) is 8.25. The number of aromatic nitrogens is 2. The molecular weight excluding hydrogens is 350 g/mol. The molecule has 26 heavy (non-hydrogen) atoms. The predicted molar refractivity (Wildman–Crippen MR) is 100 cm³/mol. The van der Waals surface area contributed by atoms with Gasteiger partial charge in [-0.2, -0.15) is 10.4 Å². The highest BCUT2D eigenvalue weighted by atomic mass is 32.2. The summed E-state index contributed by atoms with van der Waals surface area (Å²) in [6, 6.07) is 8.64. The molecule has 0 aliphatic heterocycles. The number of nitrogens with one attached hydrogen (secondary N) is 2.